The van der Waals surface area contributed by atoms with E-state index in [0.717, 1.165) is 4.13 Å². The quantitative estimate of drug-likeness (QED) is 0.743. The SMILES string of the molecule is O=S(=O)(NS(=O)(=O)C(Cl)(Cl)Cl)C(Cl)(Cl)Cl. The van der Waals surface area contributed by atoms with Gasteiger partial charge in [-0.2, -0.15) is 0 Å². The molecule has 0 aliphatic carbocycles. The van der Waals surface area contributed by atoms with Gasteiger partial charge in [0.05, 0.1) is 0 Å². The van der Waals surface area contributed by atoms with Gasteiger partial charge < -0.3 is 0 Å². The third-order valence-corrected chi connectivity index (χ3v) is 7.46. The third-order valence-electron chi connectivity index (χ3n) is 0.829. The van der Waals surface area contributed by atoms with Gasteiger partial charge in [-0.25, -0.2) is 16.8 Å². The maximum Gasteiger partial charge on any atom is 0.307 e. The molecule has 0 aliphatic rings. The molecule has 92 valence electrons. The molecule has 0 aromatic rings. The Hall–Kier alpha value is 1.60. The number of rotatable bonds is 2. The molecule has 0 aromatic heterocycles. The number of halogens is 6. The summed E-state index contributed by atoms with van der Waals surface area (Å²) in [7, 11) is -9.67. The first-order valence-electron chi connectivity index (χ1n) is 2.62. The average molecular weight is 380 g/mol. The smallest absolute Gasteiger partial charge is 0.207 e. The van der Waals surface area contributed by atoms with Gasteiger partial charge in [-0.1, -0.05) is 69.6 Å². The normalized spacial score (nSPS) is 15.3. The molecule has 0 radical (unpaired) electrons. The lowest BCUT2D eigenvalue weighted by atomic mass is 11.8. The van der Waals surface area contributed by atoms with Crippen LogP contribution < -0.4 is 4.13 Å². The standard InChI is InChI=1S/C2HCl6NO4S2/c3-1(4,5)14(10,11)9-15(12,13)2(6,7)8/h9H. The monoisotopic (exact) mass is 377 g/mol. The maximum atomic E-state index is 11.1. The average Bonchev–Trinajstić information content (AvgIpc) is 1.77. The molecule has 0 unspecified atom stereocenters. The van der Waals surface area contributed by atoms with Crippen molar-refractivity contribution in [2.45, 2.75) is 6.25 Å². The Morgan fingerprint density at radius 3 is 1.00 bits per heavy atom. The van der Waals surface area contributed by atoms with Crippen molar-refractivity contribution in [3.8, 4) is 0 Å². The number of sulfonamides is 2. The largest absolute Gasteiger partial charge is 0.307 e. The van der Waals surface area contributed by atoms with E-state index in [9.17, 15) is 16.8 Å². The molecule has 0 fully saturated rings. The highest BCUT2D eigenvalue weighted by molar-refractivity contribution is 8.09. The van der Waals surface area contributed by atoms with E-state index in [-0.39, 0.29) is 0 Å². The predicted molar refractivity (Wildman–Crippen MR) is 61.6 cm³/mol. The summed E-state index contributed by atoms with van der Waals surface area (Å²) in [6.07, 6.45) is 0. The molecule has 5 nitrogen and oxygen atoms in total. The zero-order chi connectivity index (χ0) is 12.7. The molecule has 0 amide bonds. The molecule has 0 saturated carbocycles. The van der Waals surface area contributed by atoms with E-state index < -0.39 is 26.3 Å². The Bertz CT molecular complexity index is 385. The maximum absolute atomic E-state index is 11.1. The van der Waals surface area contributed by atoms with E-state index >= 15 is 0 Å². The highest BCUT2D eigenvalue weighted by Crippen LogP contribution is 2.36. The first-order valence-corrected chi connectivity index (χ1v) is 7.85. The van der Waals surface area contributed by atoms with E-state index in [2.05, 4.69) is 0 Å². The minimum atomic E-state index is -4.83. The summed E-state index contributed by atoms with van der Waals surface area (Å²) >= 11 is 29.8. The fraction of sp³-hybridized carbons (Fsp3) is 1.00. The van der Waals surface area contributed by atoms with Crippen LogP contribution in [0.1, 0.15) is 0 Å². The van der Waals surface area contributed by atoms with Crippen LogP contribution in [0.3, 0.4) is 0 Å². The molecule has 0 aliphatic heterocycles. The number of hydrogen-bond donors (Lipinski definition) is 1. The molecule has 1 N–H and O–H groups in total. The molecule has 0 heterocycles. The van der Waals surface area contributed by atoms with Crippen LogP contribution in [0, 0.1) is 0 Å². The molecular weight excluding hydrogens is 379 g/mol. The molecule has 0 spiro atoms. The Morgan fingerprint density at radius 2 is 0.867 bits per heavy atom. The molecule has 0 atom stereocenters. The summed E-state index contributed by atoms with van der Waals surface area (Å²) in [4.78, 5) is 0. The van der Waals surface area contributed by atoms with Gasteiger partial charge in [-0.05, 0) is 0 Å². The van der Waals surface area contributed by atoms with E-state index in [1.165, 1.54) is 0 Å². The van der Waals surface area contributed by atoms with Crippen molar-refractivity contribution in [2.24, 2.45) is 0 Å². The molecule has 0 bridgehead atoms. The van der Waals surface area contributed by atoms with Gasteiger partial charge in [0.25, 0.3) is 20.0 Å². The van der Waals surface area contributed by atoms with Gasteiger partial charge in [-0.15, -0.1) is 4.13 Å². The van der Waals surface area contributed by atoms with Crippen molar-refractivity contribution in [3.05, 3.63) is 0 Å². The second-order valence-corrected chi connectivity index (χ2v) is 11.8. The zero-order valence-corrected chi connectivity index (χ0v) is 12.4. The molecule has 0 saturated heterocycles. The van der Waals surface area contributed by atoms with Gasteiger partial charge in [0.2, 0.25) is 0 Å². The van der Waals surface area contributed by atoms with Gasteiger partial charge in [0.1, 0.15) is 0 Å². The number of hydrogen-bond acceptors (Lipinski definition) is 4. The van der Waals surface area contributed by atoms with E-state index in [1.807, 2.05) is 0 Å². The topological polar surface area (TPSA) is 80.3 Å². The van der Waals surface area contributed by atoms with Crippen molar-refractivity contribution < 1.29 is 16.8 Å². The minimum absolute atomic E-state index is 0.965. The van der Waals surface area contributed by atoms with Crippen LogP contribution in [0.15, 0.2) is 0 Å². The van der Waals surface area contributed by atoms with Crippen molar-refractivity contribution in [2.75, 3.05) is 0 Å². The van der Waals surface area contributed by atoms with Crippen LogP contribution in [-0.4, -0.2) is 23.1 Å². The number of nitrogens with one attached hydrogen (secondary N) is 1. The molecule has 15 heavy (non-hydrogen) atoms. The van der Waals surface area contributed by atoms with Crippen LogP contribution in [0.25, 0.3) is 0 Å². The lowest BCUT2D eigenvalue weighted by Crippen LogP contribution is -2.43. The summed E-state index contributed by atoms with van der Waals surface area (Å²) in [5.74, 6) is 0. The van der Waals surface area contributed by atoms with Gasteiger partial charge in [-0.3, -0.25) is 0 Å². The molecule has 0 rings (SSSR count). The number of alkyl halides is 6. The fourth-order valence-electron chi connectivity index (χ4n) is 0.239. The van der Waals surface area contributed by atoms with Crippen molar-refractivity contribution in [1.82, 2.24) is 4.13 Å². The summed E-state index contributed by atoms with van der Waals surface area (Å²) in [6.45, 7) is 0. The van der Waals surface area contributed by atoms with Crippen LogP contribution >= 0.6 is 69.6 Å². The molecular formula is C2HCl6NO4S2. The van der Waals surface area contributed by atoms with Gasteiger partial charge in [0, 0.05) is 0 Å². The first-order chi connectivity index (χ1) is 6.21. The van der Waals surface area contributed by atoms with Crippen LogP contribution in [0.5, 0.6) is 0 Å². The first kappa shape index (κ1) is 16.6. The van der Waals surface area contributed by atoms with Crippen molar-refractivity contribution in [1.29, 1.82) is 0 Å². The molecule has 0 aromatic carbocycles. The van der Waals surface area contributed by atoms with Crippen LogP contribution in [0.2, 0.25) is 0 Å². The third kappa shape index (κ3) is 4.40. The van der Waals surface area contributed by atoms with E-state index in [1.54, 1.807) is 0 Å². The highest BCUT2D eigenvalue weighted by atomic mass is 35.6. The zero-order valence-electron chi connectivity index (χ0n) is 6.22. The predicted octanol–water partition coefficient (Wildman–Crippen LogP) is 1.89. The fourth-order valence-corrected chi connectivity index (χ4v) is 3.85. The Kier molecular flexibility index (Phi) is 5.20. The highest BCUT2D eigenvalue weighted by Gasteiger charge is 2.47. The van der Waals surface area contributed by atoms with E-state index in [4.69, 9.17) is 69.6 Å². The Labute approximate surface area is 116 Å². The minimum Gasteiger partial charge on any atom is -0.207 e. The lowest BCUT2D eigenvalue weighted by molar-refractivity contribution is 0.577. The van der Waals surface area contributed by atoms with E-state index in [0.29, 0.717) is 0 Å². The Morgan fingerprint density at radius 1 is 0.667 bits per heavy atom. The summed E-state index contributed by atoms with van der Waals surface area (Å²) in [6, 6.07) is 0. The van der Waals surface area contributed by atoms with Gasteiger partial charge >= 0.3 is 6.25 Å². The summed E-state index contributed by atoms with van der Waals surface area (Å²) < 4.78 is 39.4. The van der Waals surface area contributed by atoms with Crippen LogP contribution in [0.4, 0.5) is 0 Å². The van der Waals surface area contributed by atoms with Crippen molar-refractivity contribution >= 4 is 89.7 Å². The van der Waals surface area contributed by atoms with Crippen LogP contribution in [-0.2, 0) is 20.0 Å². The van der Waals surface area contributed by atoms with Gasteiger partial charge in [0.15, 0.2) is 0 Å². The lowest BCUT2D eigenvalue weighted by Gasteiger charge is -2.16. The second kappa shape index (κ2) is 4.70. The second-order valence-electron chi connectivity index (χ2n) is 1.98. The summed E-state index contributed by atoms with van der Waals surface area (Å²) in [5.41, 5.74) is 0. The molecule has 13 heteroatoms. The van der Waals surface area contributed by atoms with Crippen molar-refractivity contribution in [3.63, 3.8) is 0 Å². The Balaban J connectivity index is 5.28. The summed E-state index contributed by atoms with van der Waals surface area (Å²) in [5, 5.41) is 0.